The van der Waals surface area contributed by atoms with Gasteiger partial charge in [-0.15, -0.1) is 11.3 Å². The zero-order valence-corrected chi connectivity index (χ0v) is 18.6. The molecule has 1 fully saturated rings. The quantitative estimate of drug-likeness (QED) is 0.525. The number of carbonyl (C=O) groups is 1. The molecule has 0 unspecified atom stereocenters. The van der Waals surface area contributed by atoms with Crippen LogP contribution in [-0.2, 0) is 13.2 Å². The highest BCUT2D eigenvalue weighted by molar-refractivity contribution is 7.12. The SMILES string of the molecule is Cc1ccc(OCc2csc(C(=O)N3CCN(Cc4ccc(Cl)cc4)CC3)c2)cc1. The Labute approximate surface area is 186 Å². The number of piperazine rings is 1. The van der Waals surface area contributed by atoms with E-state index in [1.807, 2.05) is 52.7 Å². The molecule has 1 aliphatic rings. The molecule has 30 heavy (non-hydrogen) atoms. The Kier molecular flexibility index (Phi) is 6.72. The van der Waals surface area contributed by atoms with Crippen LogP contribution in [0.25, 0.3) is 0 Å². The van der Waals surface area contributed by atoms with Crippen LogP contribution in [0.1, 0.15) is 26.4 Å². The molecule has 0 spiro atoms. The Morgan fingerprint density at radius 1 is 1.00 bits per heavy atom. The summed E-state index contributed by atoms with van der Waals surface area (Å²) in [5, 5.41) is 2.77. The number of halogens is 1. The van der Waals surface area contributed by atoms with Gasteiger partial charge in [0.25, 0.3) is 5.91 Å². The molecule has 0 N–H and O–H groups in total. The van der Waals surface area contributed by atoms with Crippen LogP contribution in [-0.4, -0.2) is 41.9 Å². The third-order valence-electron chi connectivity index (χ3n) is 5.27. The van der Waals surface area contributed by atoms with E-state index in [2.05, 4.69) is 24.0 Å². The third-order valence-corrected chi connectivity index (χ3v) is 6.49. The maximum Gasteiger partial charge on any atom is 0.264 e. The predicted molar refractivity (Wildman–Crippen MR) is 122 cm³/mol. The van der Waals surface area contributed by atoms with E-state index in [0.717, 1.165) is 53.9 Å². The molecule has 6 heteroatoms. The van der Waals surface area contributed by atoms with E-state index >= 15 is 0 Å². The first-order valence-corrected chi connectivity index (χ1v) is 11.4. The summed E-state index contributed by atoms with van der Waals surface area (Å²) >= 11 is 7.46. The average Bonchev–Trinajstić information content (AvgIpc) is 3.24. The first kappa shape index (κ1) is 20.9. The van der Waals surface area contributed by atoms with Gasteiger partial charge in [-0.2, -0.15) is 0 Å². The van der Waals surface area contributed by atoms with Crippen LogP contribution >= 0.6 is 22.9 Å². The Morgan fingerprint density at radius 2 is 1.70 bits per heavy atom. The lowest BCUT2D eigenvalue weighted by molar-refractivity contribution is 0.0633. The zero-order valence-electron chi connectivity index (χ0n) is 17.0. The van der Waals surface area contributed by atoms with Crippen molar-refractivity contribution in [3.8, 4) is 5.75 Å². The van der Waals surface area contributed by atoms with Crippen molar-refractivity contribution in [1.82, 2.24) is 9.80 Å². The van der Waals surface area contributed by atoms with Crippen LogP contribution in [0.3, 0.4) is 0 Å². The number of thiophene rings is 1. The van der Waals surface area contributed by atoms with Crippen molar-refractivity contribution in [2.45, 2.75) is 20.1 Å². The summed E-state index contributed by atoms with van der Waals surface area (Å²) in [6.07, 6.45) is 0. The molecule has 0 radical (unpaired) electrons. The fourth-order valence-corrected chi connectivity index (χ4v) is 4.47. The third kappa shape index (κ3) is 5.42. The Morgan fingerprint density at radius 3 is 2.40 bits per heavy atom. The van der Waals surface area contributed by atoms with Crippen molar-refractivity contribution in [1.29, 1.82) is 0 Å². The molecule has 156 valence electrons. The summed E-state index contributed by atoms with van der Waals surface area (Å²) in [5.41, 5.74) is 3.49. The molecule has 0 atom stereocenters. The van der Waals surface area contributed by atoms with Gasteiger partial charge in [0.15, 0.2) is 0 Å². The molecule has 0 bridgehead atoms. The molecule has 4 nitrogen and oxygen atoms in total. The molecule has 3 aromatic rings. The van der Waals surface area contributed by atoms with Gasteiger partial charge in [0.1, 0.15) is 12.4 Å². The highest BCUT2D eigenvalue weighted by atomic mass is 35.5. The number of carbonyl (C=O) groups excluding carboxylic acids is 1. The number of hydrogen-bond acceptors (Lipinski definition) is 4. The van der Waals surface area contributed by atoms with Gasteiger partial charge >= 0.3 is 0 Å². The maximum absolute atomic E-state index is 12.9. The monoisotopic (exact) mass is 440 g/mol. The van der Waals surface area contributed by atoms with E-state index in [1.54, 1.807) is 0 Å². The number of nitrogens with zero attached hydrogens (tertiary/aromatic N) is 2. The standard InChI is InChI=1S/C24H25ClN2O2S/c1-18-2-8-22(9-3-18)29-16-20-14-23(30-17-20)24(28)27-12-10-26(11-13-27)15-19-4-6-21(25)7-5-19/h2-9,14,17H,10-13,15-16H2,1H3. The lowest BCUT2D eigenvalue weighted by atomic mass is 10.2. The number of hydrogen-bond donors (Lipinski definition) is 0. The van der Waals surface area contributed by atoms with Gasteiger partial charge < -0.3 is 9.64 Å². The first-order valence-electron chi connectivity index (χ1n) is 10.1. The van der Waals surface area contributed by atoms with E-state index in [-0.39, 0.29) is 5.91 Å². The van der Waals surface area contributed by atoms with Crippen LogP contribution < -0.4 is 4.74 Å². The first-order chi connectivity index (χ1) is 14.6. The minimum absolute atomic E-state index is 0.118. The molecule has 1 aromatic heterocycles. The molecule has 2 heterocycles. The van der Waals surface area contributed by atoms with Crippen molar-refractivity contribution >= 4 is 28.8 Å². The molecular weight excluding hydrogens is 416 g/mol. The van der Waals surface area contributed by atoms with Gasteiger partial charge in [0.05, 0.1) is 4.88 Å². The lowest BCUT2D eigenvalue weighted by Crippen LogP contribution is -2.48. The van der Waals surface area contributed by atoms with E-state index in [1.165, 1.54) is 22.5 Å². The second kappa shape index (κ2) is 9.65. The number of aryl methyl sites for hydroxylation is 1. The van der Waals surface area contributed by atoms with Gasteiger partial charge in [-0.1, -0.05) is 41.4 Å². The summed E-state index contributed by atoms with van der Waals surface area (Å²) in [5.74, 6) is 0.962. The topological polar surface area (TPSA) is 32.8 Å². The van der Waals surface area contributed by atoms with Crippen molar-refractivity contribution in [2.75, 3.05) is 26.2 Å². The van der Waals surface area contributed by atoms with Gasteiger partial charge in [-0.05, 0) is 48.2 Å². The largest absolute Gasteiger partial charge is 0.489 e. The highest BCUT2D eigenvalue weighted by Crippen LogP contribution is 2.21. The summed E-state index contributed by atoms with van der Waals surface area (Å²) in [6.45, 7) is 6.67. The van der Waals surface area contributed by atoms with Crippen molar-refractivity contribution in [3.63, 3.8) is 0 Å². The normalized spacial score (nSPS) is 14.7. The molecule has 0 aliphatic carbocycles. The van der Waals surface area contributed by atoms with Crippen LogP contribution in [0.15, 0.2) is 60.0 Å². The summed E-state index contributed by atoms with van der Waals surface area (Å²) in [7, 11) is 0. The fraction of sp³-hybridized carbons (Fsp3) is 0.292. The van der Waals surface area contributed by atoms with Gasteiger partial charge in [-0.3, -0.25) is 9.69 Å². The predicted octanol–water partition coefficient (Wildman–Crippen LogP) is 5.25. The van der Waals surface area contributed by atoms with Crippen molar-refractivity contribution in [3.05, 3.63) is 86.6 Å². The van der Waals surface area contributed by atoms with Crippen LogP contribution in [0.5, 0.6) is 5.75 Å². The van der Waals surface area contributed by atoms with Crippen LogP contribution in [0, 0.1) is 6.92 Å². The van der Waals surface area contributed by atoms with Gasteiger partial charge in [0, 0.05) is 43.3 Å². The molecule has 0 saturated carbocycles. The molecule has 1 saturated heterocycles. The fourth-order valence-electron chi connectivity index (χ4n) is 3.48. The zero-order chi connectivity index (χ0) is 20.9. The lowest BCUT2D eigenvalue weighted by Gasteiger charge is -2.34. The summed E-state index contributed by atoms with van der Waals surface area (Å²) in [4.78, 5) is 18.0. The van der Waals surface area contributed by atoms with Gasteiger partial charge in [0.2, 0.25) is 0 Å². The van der Waals surface area contributed by atoms with E-state index < -0.39 is 0 Å². The average molecular weight is 441 g/mol. The Hall–Kier alpha value is -2.34. The molecular formula is C24H25ClN2O2S. The van der Waals surface area contributed by atoms with Crippen LogP contribution in [0.2, 0.25) is 5.02 Å². The number of amides is 1. The minimum Gasteiger partial charge on any atom is -0.489 e. The Bertz CT molecular complexity index is 977. The number of benzene rings is 2. The van der Waals surface area contributed by atoms with Crippen molar-refractivity contribution in [2.24, 2.45) is 0 Å². The highest BCUT2D eigenvalue weighted by Gasteiger charge is 2.23. The smallest absolute Gasteiger partial charge is 0.264 e. The Balaban J connectivity index is 1.27. The maximum atomic E-state index is 12.9. The summed E-state index contributed by atoms with van der Waals surface area (Å²) in [6, 6.07) is 17.9. The second-order valence-corrected chi connectivity index (χ2v) is 8.96. The van der Waals surface area contributed by atoms with Crippen LogP contribution in [0.4, 0.5) is 0 Å². The molecule has 1 amide bonds. The molecule has 4 rings (SSSR count). The second-order valence-electron chi connectivity index (χ2n) is 7.62. The molecule has 2 aromatic carbocycles. The number of rotatable bonds is 6. The van der Waals surface area contributed by atoms with E-state index in [0.29, 0.717) is 6.61 Å². The summed E-state index contributed by atoms with van der Waals surface area (Å²) < 4.78 is 5.83. The molecule has 1 aliphatic heterocycles. The van der Waals surface area contributed by atoms with Crippen molar-refractivity contribution < 1.29 is 9.53 Å². The number of ether oxygens (including phenoxy) is 1. The van der Waals surface area contributed by atoms with E-state index in [4.69, 9.17) is 16.3 Å². The van der Waals surface area contributed by atoms with Gasteiger partial charge in [-0.25, -0.2) is 0 Å². The van der Waals surface area contributed by atoms with E-state index in [9.17, 15) is 4.79 Å². The minimum atomic E-state index is 0.118.